The molecule has 3 aromatic carbocycles. The number of benzene rings is 3. The molecule has 1 saturated carbocycles. The number of allylic oxidation sites excluding steroid dienone is 1. The third kappa shape index (κ3) is 7.14. The quantitative estimate of drug-likeness (QED) is 0.307. The molecule has 2 heterocycles. The van der Waals surface area contributed by atoms with Crippen molar-refractivity contribution in [1.29, 1.82) is 0 Å². The molecule has 232 valence electrons. The molecular weight excluding hydrogens is 596 g/mol. The first-order valence-electron chi connectivity index (χ1n) is 15.5. The van der Waals surface area contributed by atoms with Crippen LogP contribution in [0.4, 0.5) is 5.69 Å². The van der Waals surface area contributed by atoms with Crippen LogP contribution in [-0.4, -0.2) is 44.4 Å². The summed E-state index contributed by atoms with van der Waals surface area (Å²) in [4.78, 5) is 15.7. The number of amides is 1. The van der Waals surface area contributed by atoms with Crippen LogP contribution in [0.1, 0.15) is 65.1 Å². The molecule has 3 aliphatic rings. The lowest BCUT2D eigenvalue weighted by molar-refractivity contribution is 0.0461. The van der Waals surface area contributed by atoms with Crippen molar-refractivity contribution in [3.63, 3.8) is 0 Å². The number of nitrogens with zero attached hydrogens (tertiary/aromatic N) is 1. The highest BCUT2D eigenvalue weighted by Crippen LogP contribution is 2.41. The van der Waals surface area contributed by atoms with Crippen LogP contribution in [0.5, 0.6) is 5.75 Å². The van der Waals surface area contributed by atoms with Gasteiger partial charge in [-0.05, 0) is 97.4 Å². The van der Waals surface area contributed by atoms with E-state index in [2.05, 4.69) is 9.62 Å². The Morgan fingerprint density at radius 2 is 1.82 bits per heavy atom. The van der Waals surface area contributed by atoms with E-state index >= 15 is 0 Å². The molecule has 0 saturated heterocycles. The van der Waals surface area contributed by atoms with Crippen molar-refractivity contribution in [3.05, 3.63) is 106 Å². The molecular formula is C35H39ClN2O5S. The SMILES string of the molecule is O=C1NS(=O)(=O)C[C@H](c2ccccc2)C/C=C/[C@H](O)[C@@H]2CC[C@H]2CN2CCCCc3cc(Cl)ccc3COc3ccc1cc32. The minimum atomic E-state index is -3.98. The average molecular weight is 635 g/mol. The number of sulfonamides is 1. The Morgan fingerprint density at radius 3 is 2.61 bits per heavy atom. The van der Waals surface area contributed by atoms with Gasteiger partial charge in [0.25, 0.3) is 5.91 Å². The van der Waals surface area contributed by atoms with E-state index in [0.717, 1.165) is 55.5 Å². The van der Waals surface area contributed by atoms with Gasteiger partial charge in [-0.15, -0.1) is 0 Å². The molecule has 0 spiro atoms. The second-order valence-electron chi connectivity index (χ2n) is 12.3. The molecule has 0 unspecified atom stereocenters. The molecule has 1 aliphatic carbocycles. The van der Waals surface area contributed by atoms with Gasteiger partial charge in [-0.1, -0.05) is 60.2 Å². The monoisotopic (exact) mass is 634 g/mol. The van der Waals surface area contributed by atoms with Crippen LogP contribution in [0.2, 0.25) is 5.02 Å². The fraction of sp³-hybridized carbons (Fsp3) is 0.400. The highest BCUT2D eigenvalue weighted by molar-refractivity contribution is 7.90. The van der Waals surface area contributed by atoms with Crippen molar-refractivity contribution in [2.75, 3.05) is 23.7 Å². The summed E-state index contributed by atoms with van der Waals surface area (Å²) in [6, 6.07) is 20.5. The second-order valence-corrected chi connectivity index (χ2v) is 14.5. The highest BCUT2D eigenvalue weighted by atomic mass is 35.5. The summed E-state index contributed by atoms with van der Waals surface area (Å²) in [5.41, 5.74) is 4.13. The van der Waals surface area contributed by atoms with Crippen molar-refractivity contribution >= 4 is 33.2 Å². The summed E-state index contributed by atoms with van der Waals surface area (Å²) in [7, 11) is -3.98. The zero-order valence-electron chi connectivity index (χ0n) is 24.7. The number of hydrogen-bond acceptors (Lipinski definition) is 6. The molecule has 0 aromatic heterocycles. The summed E-state index contributed by atoms with van der Waals surface area (Å²) in [5.74, 6) is -0.261. The number of anilines is 1. The summed E-state index contributed by atoms with van der Waals surface area (Å²) < 4.78 is 35.4. The van der Waals surface area contributed by atoms with E-state index < -0.39 is 22.0 Å². The Morgan fingerprint density at radius 1 is 0.977 bits per heavy atom. The number of aliphatic hydroxyl groups excluding tert-OH is 1. The predicted molar refractivity (Wildman–Crippen MR) is 174 cm³/mol. The number of aryl methyl sites for hydroxylation is 1. The normalized spacial score (nSPS) is 26.4. The van der Waals surface area contributed by atoms with Gasteiger partial charge >= 0.3 is 0 Å². The van der Waals surface area contributed by atoms with Crippen LogP contribution in [0.25, 0.3) is 0 Å². The smallest absolute Gasteiger partial charge is 0.264 e. The first-order valence-corrected chi connectivity index (χ1v) is 17.5. The highest BCUT2D eigenvalue weighted by Gasteiger charge is 2.37. The van der Waals surface area contributed by atoms with E-state index in [0.29, 0.717) is 30.3 Å². The Labute approximate surface area is 264 Å². The van der Waals surface area contributed by atoms with Gasteiger partial charge in [0.1, 0.15) is 12.4 Å². The van der Waals surface area contributed by atoms with Crippen molar-refractivity contribution in [2.24, 2.45) is 11.8 Å². The fourth-order valence-corrected chi connectivity index (χ4v) is 8.23. The van der Waals surface area contributed by atoms with E-state index in [1.807, 2.05) is 60.7 Å². The zero-order chi connectivity index (χ0) is 30.7. The van der Waals surface area contributed by atoms with Crippen LogP contribution in [-0.2, 0) is 23.1 Å². The zero-order valence-corrected chi connectivity index (χ0v) is 26.3. The lowest BCUT2D eigenvalue weighted by Crippen LogP contribution is -2.43. The standard InChI is InChI=1S/C35H39ClN2O5S/c36-30-15-12-28-22-43-34-17-14-26-20-32(34)38(18-5-4-9-25(28)19-30)21-27-13-16-31(27)33(39)11-6-10-29(24-7-2-1-3-8-24)23-44(41,42)37-35(26)40/h1-3,6-8,11-12,14-15,17,19-20,27,29,31,33,39H,4-5,9-10,13,16,18,21-23H2,(H,37,40)/b11-6+/t27-,29+,31+,33-/m0/s1. The van der Waals surface area contributed by atoms with Gasteiger partial charge < -0.3 is 14.7 Å². The van der Waals surface area contributed by atoms with E-state index in [4.69, 9.17) is 16.3 Å². The predicted octanol–water partition coefficient (Wildman–Crippen LogP) is 6.25. The maximum absolute atomic E-state index is 13.4. The number of fused-ring (bicyclic) bond motifs is 3. The van der Waals surface area contributed by atoms with Gasteiger partial charge in [0, 0.05) is 29.6 Å². The number of hydrogen-bond donors (Lipinski definition) is 2. The third-order valence-corrected chi connectivity index (χ3v) is 10.9. The summed E-state index contributed by atoms with van der Waals surface area (Å²) in [5, 5.41) is 11.9. The molecule has 1 amide bonds. The molecule has 6 rings (SSSR count). The van der Waals surface area contributed by atoms with Crippen LogP contribution in [0, 0.1) is 11.8 Å². The second kappa shape index (κ2) is 13.3. The number of halogens is 1. The molecule has 7 nitrogen and oxygen atoms in total. The number of ether oxygens (including phenoxy) is 1. The van der Waals surface area contributed by atoms with Gasteiger partial charge in [-0.2, -0.15) is 0 Å². The van der Waals surface area contributed by atoms with Gasteiger partial charge in [-0.25, -0.2) is 13.1 Å². The Hall–Kier alpha value is -3.33. The van der Waals surface area contributed by atoms with Crippen molar-refractivity contribution in [2.45, 2.75) is 57.2 Å². The summed E-state index contributed by atoms with van der Waals surface area (Å²) >= 11 is 6.31. The Kier molecular flexibility index (Phi) is 9.31. The van der Waals surface area contributed by atoms with Crippen molar-refractivity contribution in [3.8, 4) is 5.75 Å². The molecule has 2 aliphatic heterocycles. The minimum Gasteiger partial charge on any atom is -0.487 e. The van der Waals surface area contributed by atoms with Crippen LogP contribution in [0.15, 0.2) is 78.9 Å². The number of rotatable bonds is 1. The summed E-state index contributed by atoms with van der Waals surface area (Å²) in [6.07, 6.45) is 8.24. The molecule has 4 atom stereocenters. The van der Waals surface area contributed by atoms with E-state index in [9.17, 15) is 18.3 Å². The summed E-state index contributed by atoms with van der Waals surface area (Å²) in [6.45, 7) is 1.80. The molecule has 2 bridgehead atoms. The van der Waals surface area contributed by atoms with Gasteiger partial charge in [-0.3, -0.25) is 4.79 Å². The van der Waals surface area contributed by atoms with Gasteiger partial charge in [0.05, 0.1) is 17.5 Å². The largest absolute Gasteiger partial charge is 0.487 e. The number of aliphatic hydroxyl groups is 1. The molecule has 3 aromatic rings. The number of nitrogens with one attached hydrogen (secondary N) is 1. The third-order valence-electron chi connectivity index (χ3n) is 9.30. The fourth-order valence-electron chi connectivity index (χ4n) is 6.69. The Balaban J connectivity index is 1.36. The Bertz CT molecular complexity index is 1630. The maximum Gasteiger partial charge on any atom is 0.264 e. The molecule has 0 radical (unpaired) electrons. The van der Waals surface area contributed by atoms with Crippen LogP contribution < -0.4 is 14.4 Å². The molecule has 2 N–H and O–H groups in total. The number of carbonyl (C=O) groups is 1. The minimum absolute atomic E-state index is 0.110. The lowest BCUT2D eigenvalue weighted by atomic mass is 9.70. The topological polar surface area (TPSA) is 95.9 Å². The first-order chi connectivity index (χ1) is 21.3. The van der Waals surface area contributed by atoms with E-state index in [1.54, 1.807) is 18.2 Å². The van der Waals surface area contributed by atoms with Gasteiger partial charge in [0.2, 0.25) is 10.0 Å². The van der Waals surface area contributed by atoms with Crippen molar-refractivity contribution in [1.82, 2.24) is 4.72 Å². The van der Waals surface area contributed by atoms with E-state index in [-0.39, 0.29) is 29.1 Å². The average Bonchev–Trinajstić information content (AvgIpc) is 3.01. The van der Waals surface area contributed by atoms with E-state index in [1.165, 1.54) is 5.56 Å². The molecule has 9 heteroatoms. The van der Waals surface area contributed by atoms with Gasteiger partial charge in [0.15, 0.2) is 0 Å². The van der Waals surface area contributed by atoms with Crippen molar-refractivity contribution < 1.29 is 23.1 Å². The number of carbonyl (C=O) groups excluding carboxylic acids is 1. The lowest BCUT2D eigenvalue weighted by Gasteiger charge is -2.42. The maximum atomic E-state index is 13.4. The molecule has 1 fully saturated rings. The van der Waals surface area contributed by atoms with Crippen LogP contribution in [0.3, 0.4) is 0 Å². The van der Waals surface area contributed by atoms with Crippen LogP contribution >= 0.6 is 11.6 Å². The first kappa shape index (κ1) is 30.7. The molecule has 44 heavy (non-hydrogen) atoms.